The van der Waals surface area contributed by atoms with Crippen molar-refractivity contribution in [2.24, 2.45) is 0 Å². The lowest BCUT2D eigenvalue weighted by Gasteiger charge is -2.33. The van der Waals surface area contributed by atoms with Crippen LogP contribution in [0.15, 0.2) is 72.9 Å². The normalized spacial score (nSPS) is 16.5. The molecule has 1 fully saturated rings. The Morgan fingerprint density at radius 2 is 1.87 bits per heavy atom. The van der Waals surface area contributed by atoms with Gasteiger partial charge in [-0.2, -0.15) is 0 Å². The van der Waals surface area contributed by atoms with Crippen molar-refractivity contribution in [3.63, 3.8) is 0 Å². The molecule has 0 bridgehead atoms. The number of aromatic nitrogens is 2. The van der Waals surface area contributed by atoms with Crippen LogP contribution < -0.4 is 0 Å². The second-order valence-corrected chi connectivity index (χ2v) is 8.50. The number of rotatable bonds is 4. The van der Waals surface area contributed by atoms with Crippen molar-refractivity contribution >= 4 is 16.8 Å². The molecule has 0 aliphatic carbocycles. The molecule has 1 amide bonds. The number of fused-ring (bicyclic) bond motifs is 1. The standard InChI is InChI=1S/C27H27N3O/c1-19-14-22(20-8-3-2-4-9-20)15-26(29-19)21-10-7-13-30(18-21)27(31)16-23-17-28-25-12-6-5-11-24(23)25/h2-6,8-9,11-12,14-15,17,21,28H,7,10,13,16,18H2,1H3. The Kier molecular flexibility index (Phi) is 5.29. The summed E-state index contributed by atoms with van der Waals surface area (Å²) < 4.78 is 0. The van der Waals surface area contributed by atoms with Crippen LogP contribution in [0.4, 0.5) is 0 Å². The van der Waals surface area contributed by atoms with Crippen molar-refractivity contribution in [3.05, 3.63) is 89.9 Å². The summed E-state index contributed by atoms with van der Waals surface area (Å²) in [5.74, 6) is 0.480. The van der Waals surface area contributed by atoms with Crippen molar-refractivity contribution in [2.75, 3.05) is 13.1 Å². The first-order chi connectivity index (χ1) is 15.2. The number of likely N-dealkylation sites (tertiary alicyclic amines) is 1. The minimum Gasteiger partial charge on any atom is -0.361 e. The SMILES string of the molecule is Cc1cc(-c2ccccc2)cc(C2CCCN(C(=O)Cc3c[nH]c4ccccc34)C2)n1. The number of pyridine rings is 1. The van der Waals surface area contributed by atoms with Crippen molar-refractivity contribution in [1.82, 2.24) is 14.9 Å². The lowest BCUT2D eigenvalue weighted by atomic mass is 9.92. The fourth-order valence-electron chi connectivity index (χ4n) is 4.70. The number of carbonyl (C=O) groups is 1. The molecule has 1 unspecified atom stereocenters. The molecule has 1 saturated heterocycles. The molecule has 4 heteroatoms. The van der Waals surface area contributed by atoms with Gasteiger partial charge in [-0.1, -0.05) is 48.5 Å². The number of hydrogen-bond acceptors (Lipinski definition) is 2. The number of nitrogens with one attached hydrogen (secondary N) is 1. The van der Waals surface area contributed by atoms with Gasteiger partial charge in [0.25, 0.3) is 0 Å². The predicted molar refractivity (Wildman–Crippen MR) is 125 cm³/mol. The first kappa shape index (κ1) is 19.6. The molecule has 3 heterocycles. The average molecular weight is 410 g/mol. The topological polar surface area (TPSA) is 49.0 Å². The van der Waals surface area contributed by atoms with E-state index in [1.54, 1.807) is 0 Å². The molecule has 1 aliphatic rings. The molecule has 0 spiro atoms. The molecule has 31 heavy (non-hydrogen) atoms. The van der Waals surface area contributed by atoms with Crippen LogP contribution >= 0.6 is 0 Å². The van der Waals surface area contributed by atoms with E-state index in [9.17, 15) is 4.79 Å². The highest BCUT2D eigenvalue weighted by Crippen LogP contribution is 2.30. The monoisotopic (exact) mass is 409 g/mol. The minimum atomic E-state index is 0.199. The zero-order valence-electron chi connectivity index (χ0n) is 17.8. The van der Waals surface area contributed by atoms with E-state index < -0.39 is 0 Å². The molecule has 1 aliphatic heterocycles. The molecule has 5 rings (SSSR count). The number of H-pyrrole nitrogens is 1. The van der Waals surface area contributed by atoms with Gasteiger partial charge < -0.3 is 9.88 Å². The van der Waals surface area contributed by atoms with Crippen LogP contribution in [0.5, 0.6) is 0 Å². The Bertz CT molecular complexity index is 1210. The summed E-state index contributed by atoms with van der Waals surface area (Å²) in [5, 5.41) is 1.14. The summed E-state index contributed by atoms with van der Waals surface area (Å²) in [5.41, 5.74) is 6.69. The van der Waals surface area contributed by atoms with Crippen molar-refractivity contribution < 1.29 is 4.79 Å². The highest BCUT2D eigenvalue weighted by molar-refractivity contribution is 5.89. The Balaban J connectivity index is 1.34. The van der Waals surface area contributed by atoms with Crippen LogP contribution in [0.1, 0.15) is 35.7 Å². The van der Waals surface area contributed by atoms with Crippen LogP contribution in [0, 0.1) is 6.92 Å². The number of para-hydroxylation sites is 1. The number of nitrogens with zero attached hydrogens (tertiary/aromatic N) is 2. The van der Waals surface area contributed by atoms with Gasteiger partial charge in [0.2, 0.25) is 5.91 Å². The summed E-state index contributed by atoms with van der Waals surface area (Å²) in [7, 11) is 0. The van der Waals surface area contributed by atoms with Gasteiger partial charge in [-0.15, -0.1) is 0 Å². The van der Waals surface area contributed by atoms with Crippen LogP contribution in [0.2, 0.25) is 0 Å². The average Bonchev–Trinajstić information content (AvgIpc) is 3.22. The number of carbonyl (C=O) groups excluding carboxylic acids is 1. The van der Waals surface area contributed by atoms with Crippen molar-refractivity contribution in [1.29, 1.82) is 0 Å². The molecule has 4 nitrogen and oxygen atoms in total. The smallest absolute Gasteiger partial charge is 0.227 e. The zero-order valence-corrected chi connectivity index (χ0v) is 17.8. The van der Waals surface area contributed by atoms with Gasteiger partial charge in [-0.25, -0.2) is 0 Å². The van der Waals surface area contributed by atoms with Crippen molar-refractivity contribution in [3.8, 4) is 11.1 Å². The Hall–Kier alpha value is -3.40. The molecule has 2 aromatic heterocycles. The highest BCUT2D eigenvalue weighted by atomic mass is 16.2. The third-order valence-electron chi connectivity index (χ3n) is 6.29. The first-order valence-electron chi connectivity index (χ1n) is 11.0. The third-order valence-corrected chi connectivity index (χ3v) is 6.29. The van der Waals surface area contributed by atoms with E-state index in [0.717, 1.165) is 53.8 Å². The molecular weight excluding hydrogens is 382 g/mol. The van der Waals surface area contributed by atoms with E-state index in [2.05, 4.69) is 54.4 Å². The summed E-state index contributed by atoms with van der Waals surface area (Å²) in [4.78, 5) is 23.3. The molecule has 0 saturated carbocycles. The Morgan fingerprint density at radius 1 is 1.06 bits per heavy atom. The van der Waals surface area contributed by atoms with Gasteiger partial charge in [0.05, 0.1) is 6.42 Å². The van der Waals surface area contributed by atoms with Gasteiger partial charge >= 0.3 is 0 Å². The fourth-order valence-corrected chi connectivity index (χ4v) is 4.70. The van der Waals surface area contributed by atoms with Gasteiger partial charge in [0.1, 0.15) is 0 Å². The number of aromatic amines is 1. The first-order valence-corrected chi connectivity index (χ1v) is 11.0. The lowest BCUT2D eigenvalue weighted by Crippen LogP contribution is -2.40. The van der Waals surface area contributed by atoms with Crippen LogP contribution in [-0.4, -0.2) is 33.9 Å². The highest BCUT2D eigenvalue weighted by Gasteiger charge is 2.26. The maximum absolute atomic E-state index is 13.1. The second-order valence-electron chi connectivity index (χ2n) is 8.50. The fraction of sp³-hybridized carbons (Fsp3) is 0.259. The molecule has 1 atom stereocenters. The van der Waals surface area contributed by atoms with E-state index in [-0.39, 0.29) is 11.8 Å². The number of amides is 1. The summed E-state index contributed by atoms with van der Waals surface area (Å²) in [6.45, 7) is 3.62. The van der Waals surface area contributed by atoms with Crippen LogP contribution in [0.3, 0.4) is 0 Å². The zero-order chi connectivity index (χ0) is 21.2. The van der Waals surface area contributed by atoms with E-state index in [0.29, 0.717) is 6.42 Å². The minimum absolute atomic E-state index is 0.199. The van der Waals surface area contributed by atoms with Crippen LogP contribution in [-0.2, 0) is 11.2 Å². The second kappa shape index (κ2) is 8.38. The van der Waals surface area contributed by atoms with E-state index in [4.69, 9.17) is 4.98 Å². The van der Waals surface area contributed by atoms with Crippen LogP contribution in [0.25, 0.3) is 22.0 Å². The van der Waals surface area contributed by atoms with E-state index >= 15 is 0 Å². The number of aryl methyl sites for hydroxylation is 1. The maximum Gasteiger partial charge on any atom is 0.227 e. The lowest BCUT2D eigenvalue weighted by molar-refractivity contribution is -0.131. The Morgan fingerprint density at radius 3 is 2.74 bits per heavy atom. The summed E-state index contributed by atoms with van der Waals surface area (Å²) >= 11 is 0. The quantitative estimate of drug-likeness (QED) is 0.485. The van der Waals surface area contributed by atoms with Gasteiger partial charge in [-0.05, 0) is 54.7 Å². The molecule has 2 aromatic carbocycles. The predicted octanol–water partition coefficient (Wildman–Crippen LogP) is 5.49. The third kappa shape index (κ3) is 4.11. The van der Waals surface area contributed by atoms with E-state index in [1.165, 1.54) is 11.1 Å². The number of piperidine rings is 1. The molecule has 156 valence electrons. The largest absolute Gasteiger partial charge is 0.361 e. The number of hydrogen-bond donors (Lipinski definition) is 1. The van der Waals surface area contributed by atoms with Gasteiger partial charge in [-0.3, -0.25) is 9.78 Å². The Labute approximate surface area is 182 Å². The number of benzene rings is 2. The molecule has 0 radical (unpaired) electrons. The maximum atomic E-state index is 13.1. The van der Waals surface area contributed by atoms with Crippen molar-refractivity contribution in [2.45, 2.75) is 32.1 Å². The van der Waals surface area contributed by atoms with E-state index in [1.807, 2.05) is 35.4 Å². The summed E-state index contributed by atoms with van der Waals surface area (Å²) in [6.07, 6.45) is 4.49. The molecule has 1 N–H and O–H groups in total. The molecular formula is C27H27N3O. The van der Waals surface area contributed by atoms with Gasteiger partial charge in [0, 0.05) is 47.5 Å². The summed E-state index contributed by atoms with van der Waals surface area (Å²) in [6, 6.07) is 23.0. The van der Waals surface area contributed by atoms with Gasteiger partial charge in [0.15, 0.2) is 0 Å². The molecule has 4 aromatic rings.